The van der Waals surface area contributed by atoms with Gasteiger partial charge in [0.1, 0.15) is 22.7 Å². The average Bonchev–Trinajstić information content (AvgIpc) is 3.87. The zero-order valence-electron chi connectivity index (χ0n) is 35.5. The third-order valence-corrected chi connectivity index (χ3v) is 16.2. The number of methoxy groups -OCH3 is 3. The van der Waals surface area contributed by atoms with Crippen molar-refractivity contribution in [2.45, 2.75) is 95.4 Å². The highest BCUT2D eigenvalue weighted by atomic mass is 16.6. The lowest BCUT2D eigenvalue weighted by molar-refractivity contribution is -0.216. The normalized spacial score (nSPS) is 35.8. The van der Waals surface area contributed by atoms with Crippen LogP contribution < -0.4 is 9.64 Å². The molecule has 5 aliphatic heterocycles. The first-order valence-electron chi connectivity index (χ1n) is 21.0. The first-order valence-corrected chi connectivity index (χ1v) is 21.0. The summed E-state index contributed by atoms with van der Waals surface area (Å²) in [5, 5.41) is 1.09. The number of nitrogens with one attached hydrogen (secondary N) is 1. The van der Waals surface area contributed by atoms with E-state index in [2.05, 4.69) is 89.0 Å². The summed E-state index contributed by atoms with van der Waals surface area (Å²) >= 11 is 0. The lowest BCUT2D eigenvalue weighted by Crippen LogP contribution is -2.82. The maximum absolute atomic E-state index is 15.3. The number of likely N-dealkylation sites (N-methyl/N-ethyl adjacent to an activating group) is 1. The molecule has 0 radical (unpaired) electrons. The topological polar surface area (TPSA) is 114 Å². The van der Waals surface area contributed by atoms with Crippen LogP contribution in [0.25, 0.3) is 10.9 Å². The molecule has 2 aromatic carbocycles. The number of aromatic amines is 1. The van der Waals surface area contributed by atoms with Crippen LogP contribution in [0.1, 0.15) is 82.7 Å². The fraction of sp³-hybridized carbons (Fsp3) is 0.553. The van der Waals surface area contributed by atoms with Crippen LogP contribution in [0.5, 0.6) is 5.75 Å². The van der Waals surface area contributed by atoms with E-state index in [0.29, 0.717) is 25.1 Å². The molecule has 9 rings (SSSR count). The first kappa shape index (κ1) is 38.9. The van der Waals surface area contributed by atoms with Gasteiger partial charge in [-0.25, -0.2) is 0 Å². The summed E-state index contributed by atoms with van der Waals surface area (Å²) in [6.45, 7) is 13.8. The molecule has 0 amide bonds. The molecule has 1 aromatic heterocycles. The van der Waals surface area contributed by atoms with E-state index in [1.54, 1.807) is 7.11 Å². The van der Waals surface area contributed by atoms with Crippen LogP contribution >= 0.6 is 0 Å². The van der Waals surface area contributed by atoms with E-state index in [1.165, 1.54) is 26.7 Å². The number of anilines is 1. The van der Waals surface area contributed by atoms with Gasteiger partial charge < -0.3 is 28.8 Å². The van der Waals surface area contributed by atoms with Crippen molar-refractivity contribution < 1.29 is 33.3 Å². The van der Waals surface area contributed by atoms with E-state index in [9.17, 15) is 9.59 Å². The number of carbonyl (C=O) groups excluding carboxylic acids is 3. The van der Waals surface area contributed by atoms with E-state index < -0.39 is 45.2 Å². The second-order valence-electron chi connectivity index (χ2n) is 18.1. The second kappa shape index (κ2) is 13.2. The summed E-state index contributed by atoms with van der Waals surface area (Å²) in [6.07, 6.45) is 8.75. The highest BCUT2D eigenvalue weighted by Gasteiger charge is 2.84. The number of fused-ring (bicyclic) bond motifs is 6. The molecule has 58 heavy (non-hydrogen) atoms. The molecule has 2 bridgehead atoms. The number of hydrogen-bond acceptors (Lipinski definition) is 10. The molecule has 9 atom stereocenters. The SMILES string of the molecule is CCC1=C[C@@H]2CN(C1)Cc1c([nH]c3ccccc13)[C@@](C(=O)OC)(c1cc3c(cc1OC)N(C)[C@@]1(C)[C@@](C)(C(=O)OC)[C@H](OC(C)=O)[C@]4(CC)C=CCN5CC[C@]31[C@@H]54)C2. The van der Waals surface area contributed by atoms with Gasteiger partial charge in [-0.3, -0.25) is 24.2 Å². The van der Waals surface area contributed by atoms with Gasteiger partial charge in [0.15, 0.2) is 0 Å². The molecule has 1 saturated carbocycles. The number of nitrogens with zero attached hydrogens (tertiary/aromatic N) is 3. The first-order chi connectivity index (χ1) is 27.8. The lowest BCUT2D eigenvalue weighted by atomic mass is 9.40. The number of ether oxygens (including phenoxy) is 4. The van der Waals surface area contributed by atoms with Crippen molar-refractivity contribution in [3.8, 4) is 5.75 Å². The van der Waals surface area contributed by atoms with Crippen LogP contribution in [0.2, 0.25) is 0 Å². The van der Waals surface area contributed by atoms with Crippen LogP contribution in [0, 0.1) is 16.7 Å². The summed E-state index contributed by atoms with van der Waals surface area (Å²) in [5.74, 6) is -0.569. The highest BCUT2D eigenvalue weighted by Crippen LogP contribution is 2.74. The number of benzene rings is 2. The minimum Gasteiger partial charge on any atom is -0.496 e. The van der Waals surface area contributed by atoms with E-state index in [0.717, 1.165) is 78.0 Å². The standard InChI is InChI=1S/C47H58N4O7/c1-10-29-21-30-24-46(42(54)57-9,38-32(27-50(25-29)26-30)31-15-12-13-16-35(31)48-38)34-22-33-36(23-37(34)55-7)49(6)44(5)43(4,41(53)56-8)40(58-28(3)52)45(11-2)17-14-19-51-20-18-47(33,44)39(45)51/h12-17,21-23,30,39-40,48H,10-11,18-20,24-27H2,1-9H3/t30-,39-,40-,43+,44-,45+,46-,47+/m0/s1. The van der Waals surface area contributed by atoms with Crippen molar-refractivity contribution in [2.75, 3.05) is 59.5 Å². The van der Waals surface area contributed by atoms with Gasteiger partial charge in [0, 0.05) is 90.9 Å². The van der Waals surface area contributed by atoms with Gasteiger partial charge in [-0.05, 0) is 75.3 Å². The number of rotatable bonds is 7. The van der Waals surface area contributed by atoms with Crippen LogP contribution in [-0.2, 0) is 46.0 Å². The minimum absolute atomic E-state index is 0.0615. The zero-order chi connectivity index (χ0) is 41.2. The van der Waals surface area contributed by atoms with Gasteiger partial charge in [-0.15, -0.1) is 0 Å². The third-order valence-electron chi connectivity index (χ3n) is 16.2. The van der Waals surface area contributed by atoms with E-state index >= 15 is 4.79 Å². The molecule has 6 aliphatic rings. The Kier molecular flexibility index (Phi) is 8.85. The molecule has 3 aromatic rings. The highest BCUT2D eigenvalue weighted by molar-refractivity contribution is 5.95. The lowest BCUT2D eigenvalue weighted by Gasteiger charge is -2.69. The summed E-state index contributed by atoms with van der Waals surface area (Å²) in [5.41, 5.74) is 2.00. The largest absolute Gasteiger partial charge is 0.496 e. The summed E-state index contributed by atoms with van der Waals surface area (Å²) in [6, 6.07) is 12.5. The molecule has 2 fully saturated rings. The molecule has 1 spiro atoms. The minimum atomic E-state index is -1.34. The van der Waals surface area contributed by atoms with E-state index in [-0.39, 0.29) is 17.9 Å². The van der Waals surface area contributed by atoms with Crippen LogP contribution in [0.3, 0.4) is 0 Å². The van der Waals surface area contributed by atoms with Crippen molar-refractivity contribution in [2.24, 2.45) is 16.7 Å². The van der Waals surface area contributed by atoms with Gasteiger partial charge in [0.2, 0.25) is 0 Å². The summed E-state index contributed by atoms with van der Waals surface area (Å²) in [4.78, 5) is 54.4. The fourth-order valence-electron chi connectivity index (χ4n) is 13.7. The molecule has 1 saturated heterocycles. The zero-order valence-corrected chi connectivity index (χ0v) is 35.5. The summed E-state index contributed by atoms with van der Waals surface area (Å²) < 4.78 is 24.7. The smallest absolute Gasteiger partial charge is 0.322 e. The Morgan fingerprint density at radius 3 is 2.43 bits per heavy atom. The number of H-pyrrole nitrogens is 1. The van der Waals surface area contributed by atoms with E-state index in [4.69, 9.17) is 18.9 Å². The van der Waals surface area contributed by atoms with Crippen molar-refractivity contribution >= 4 is 34.5 Å². The molecule has 1 aliphatic carbocycles. The Bertz CT molecular complexity index is 2300. The van der Waals surface area contributed by atoms with Crippen LogP contribution in [-0.4, -0.2) is 105 Å². The Hall–Kier alpha value is -4.61. The number of carbonyl (C=O) groups is 3. The monoisotopic (exact) mass is 790 g/mol. The van der Waals surface area contributed by atoms with Crippen LogP contribution in [0.4, 0.5) is 5.69 Å². The summed E-state index contributed by atoms with van der Waals surface area (Å²) in [7, 11) is 6.64. The number of aromatic nitrogens is 1. The fourth-order valence-corrected chi connectivity index (χ4v) is 13.7. The molecule has 11 nitrogen and oxygen atoms in total. The van der Waals surface area contributed by atoms with Gasteiger partial charge in [0.05, 0.1) is 26.9 Å². The quantitative estimate of drug-likeness (QED) is 0.164. The van der Waals surface area contributed by atoms with Gasteiger partial charge in [0.25, 0.3) is 0 Å². The van der Waals surface area contributed by atoms with Gasteiger partial charge >= 0.3 is 17.9 Å². The molecule has 6 heterocycles. The Labute approximate surface area is 341 Å². The van der Waals surface area contributed by atoms with Crippen molar-refractivity contribution in [3.05, 3.63) is 82.6 Å². The van der Waals surface area contributed by atoms with Gasteiger partial charge in [-0.2, -0.15) is 0 Å². The van der Waals surface area contributed by atoms with Crippen molar-refractivity contribution in [1.29, 1.82) is 0 Å². The molecule has 1 N–H and O–H groups in total. The number of esters is 3. The van der Waals surface area contributed by atoms with Gasteiger partial charge in [-0.1, -0.05) is 55.8 Å². The molecule has 308 valence electrons. The van der Waals surface area contributed by atoms with Crippen LogP contribution in [0.15, 0.2) is 60.2 Å². The predicted octanol–water partition coefficient (Wildman–Crippen LogP) is 6.42. The Morgan fingerprint density at radius 2 is 1.74 bits per heavy atom. The molecule has 11 heteroatoms. The molecule has 1 unspecified atom stereocenters. The van der Waals surface area contributed by atoms with E-state index in [1.807, 2.05) is 20.0 Å². The second-order valence-corrected chi connectivity index (χ2v) is 18.1. The maximum Gasteiger partial charge on any atom is 0.322 e. The maximum atomic E-state index is 15.3. The number of para-hydroxylation sites is 1. The van der Waals surface area contributed by atoms with Crippen molar-refractivity contribution in [3.63, 3.8) is 0 Å². The van der Waals surface area contributed by atoms with Crippen molar-refractivity contribution in [1.82, 2.24) is 14.8 Å². The Balaban J connectivity index is 1.39. The molecular formula is C47H58N4O7. The number of hydrogen-bond donors (Lipinski definition) is 1. The Morgan fingerprint density at radius 1 is 0.983 bits per heavy atom. The third kappa shape index (κ3) is 4.55. The predicted molar refractivity (Wildman–Crippen MR) is 222 cm³/mol. The molecular weight excluding hydrogens is 733 g/mol. The average molecular weight is 791 g/mol.